The lowest BCUT2D eigenvalue weighted by Gasteiger charge is -2.02. The lowest BCUT2D eigenvalue weighted by atomic mass is 10.1. The van der Waals surface area contributed by atoms with Gasteiger partial charge >= 0.3 is 0 Å². The Kier molecular flexibility index (Phi) is 4.65. The molecule has 2 heteroatoms. The third kappa shape index (κ3) is 3.46. The lowest BCUT2D eigenvalue weighted by Crippen LogP contribution is -2.01. The van der Waals surface area contributed by atoms with Crippen LogP contribution in [0.25, 0.3) is 0 Å². The number of pyridine rings is 1. The first-order valence-corrected chi connectivity index (χ1v) is 5.38. The Hall–Kier alpha value is -1.70. The van der Waals surface area contributed by atoms with Crippen LogP contribution in [0.3, 0.4) is 0 Å². The minimum Gasteiger partial charge on any atom is -0.286 e. The van der Waals surface area contributed by atoms with Gasteiger partial charge in [0.1, 0.15) is 0 Å². The van der Waals surface area contributed by atoms with Gasteiger partial charge in [-0.15, -0.1) is 0 Å². The molecule has 0 aliphatic carbocycles. The molecule has 0 fully saturated rings. The molecule has 0 amide bonds. The van der Waals surface area contributed by atoms with Crippen LogP contribution < -0.4 is 0 Å². The molecule has 0 spiro atoms. The van der Waals surface area contributed by atoms with Crippen molar-refractivity contribution in [3.8, 4) is 0 Å². The van der Waals surface area contributed by atoms with E-state index < -0.39 is 0 Å². The highest BCUT2D eigenvalue weighted by molar-refractivity contribution is 6.07. The molecule has 0 aromatic carbocycles. The number of hydrogen-bond donors (Lipinski definition) is 0. The maximum absolute atomic E-state index is 4.32. The van der Waals surface area contributed by atoms with Gasteiger partial charge in [0.05, 0.1) is 11.4 Å². The van der Waals surface area contributed by atoms with E-state index in [-0.39, 0.29) is 0 Å². The summed E-state index contributed by atoms with van der Waals surface area (Å²) in [6.45, 7) is 6.12. The fourth-order valence-electron chi connectivity index (χ4n) is 1.46. The highest BCUT2D eigenvalue weighted by Gasteiger charge is 2.01. The van der Waals surface area contributed by atoms with E-state index in [9.17, 15) is 0 Å². The van der Waals surface area contributed by atoms with Crippen LogP contribution in [0.5, 0.6) is 0 Å². The predicted octanol–water partition coefficient (Wildman–Crippen LogP) is 3.33. The minimum atomic E-state index is 0.916. The van der Waals surface area contributed by atoms with Gasteiger partial charge in [0.15, 0.2) is 0 Å². The molecule has 0 saturated carbocycles. The smallest absolute Gasteiger partial charge is 0.0884 e. The van der Waals surface area contributed by atoms with Gasteiger partial charge in [0, 0.05) is 13.2 Å². The van der Waals surface area contributed by atoms with Gasteiger partial charge < -0.3 is 0 Å². The van der Waals surface area contributed by atoms with E-state index >= 15 is 0 Å². The zero-order valence-electron chi connectivity index (χ0n) is 10.4. The molecule has 84 valence electrons. The van der Waals surface area contributed by atoms with Gasteiger partial charge in [-0.05, 0) is 50.1 Å². The van der Waals surface area contributed by atoms with Crippen LogP contribution in [0.2, 0.25) is 0 Å². The monoisotopic (exact) mass is 214 g/mol. The Morgan fingerprint density at radius 1 is 1.44 bits per heavy atom. The average Bonchev–Trinajstić information content (AvgIpc) is 2.26. The summed E-state index contributed by atoms with van der Waals surface area (Å²) in [7, 11) is 1.79. The Bertz CT molecular complexity index is 440. The van der Waals surface area contributed by atoms with E-state index in [1.807, 2.05) is 37.4 Å². The summed E-state index contributed by atoms with van der Waals surface area (Å²) in [5.41, 5.74) is 4.21. The summed E-state index contributed by atoms with van der Waals surface area (Å²) in [5, 5.41) is 0. The van der Waals surface area contributed by atoms with Crippen LogP contribution in [0.15, 0.2) is 47.1 Å². The van der Waals surface area contributed by atoms with Gasteiger partial charge in [-0.3, -0.25) is 9.98 Å². The number of rotatable bonds is 3. The van der Waals surface area contributed by atoms with Crippen molar-refractivity contribution in [2.45, 2.75) is 20.8 Å². The maximum Gasteiger partial charge on any atom is 0.0884 e. The molecule has 0 bridgehead atoms. The van der Waals surface area contributed by atoms with E-state index in [1.54, 1.807) is 7.05 Å². The fourth-order valence-corrected chi connectivity index (χ4v) is 1.46. The molecule has 0 saturated heterocycles. The molecule has 0 atom stereocenters. The zero-order valence-corrected chi connectivity index (χ0v) is 10.4. The van der Waals surface area contributed by atoms with Gasteiger partial charge in [0.2, 0.25) is 0 Å². The van der Waals surface area contributed by atoms with Crippen molar-refractivity contribution in [3.63, 3.8) is 0 Å². The topological polar surface area (TPSA) is 25.2 Å². The van der Waals surface area contributed by atoms with Crippen LogP contribution in [-0.2, 0) is 0 Å². The Morgan fingerprint density at radius 2 is 2.19 bits per heavy atom. The highest BCUT2D eigenvalue weighted by Crippen LogP contribution is 2.05. The molecule has 2 nitrogen and oxygen atoms in total. The Labute approximate surface area is 97.5 Å². The Balaban J connectivity index is 3.05. The van der Waals surface area contributed by atoms with Crippen LogP contribution in [0.4, 0.5) is 0 Å². The first-order chi connectivity index (χ1) is 7.67. The van der Waals surface area contributed by atoms with Crippen molar-refractivity contribution >= 4 is 5.71 Å². The molecule has 1 aromatic rings. The van der Waals surface area contributed by atoms with Crippen molar-refractivity contribution in [2.24, 2.45) is 4.99 Å². The summed E-state index contributed by atoms with van der Waals surface area (Å²) in [6.07, 6.45) is 7.93. The summed E-state index contributed by atoms with van der Waals surface area (Å²) in [6, 6.07) is 4.03. The number of hydrogen-bond acceptors (Lipinski definition) is 2. The van der Waals surface area contributed by atoms with Crippen molar-refractivity contribution in [1.29, 1.82) is 0 Å². The van der Waals surface area contributed by atoms with Gasteiger partial charge in [-0.1, -0.05) is 12.2 Å². The van der Waals surface area contributed by atoms with Crippen molar-refractivity contribution in [1.82, 2.24) is 4.98 Å². The minimum absolute atomic E-state index is 0.916. The second-order valence-corrected chi connectivity index (χ2v) is 3.72. The van der Waals surface area contributed by atoms with E-state index in [0.717, 1.165) is 11.4 Å². The summed E-state index contributed by atoms with van der Waals surface area (Å²) >= 11 is 0. The molecule has 0 unspecified atom stereocenters. The van der Waals surface area contributed by atoms with E-state index in [0.29, 0.717) is 0 Å². The number of aryl methyl sites for hydroxylation is 1. The number of aliphatic imine (C=N–C) groups is 1. The number of allylic oxidation sites excluding steroid dienone is 4. The van der Waals surface area contributed by atoms with Crippen molar-refractivity contribution < 1.29 is 0 Å². The number of nitrogens with zero attached hydrogens (tertiary/aromatic N) is 2. The fraction of sp³-hybridized carbons (Fsp3) is 0.286. The molecule has 16 heavy (non-hydrogen) atoms. The molecule has 0 radical (unpaired) electrons. The molecule has 1 aromatic heterocycles. The summed E-state index contributed by atoms with van der Waals surface area (Å²) < 4.78 is 0. The van der Waals surface area contributed by atoms with Crippen molar-refractivity contribution in [2.75, 3.05) is 7.05 Å². The highest BCUT2D eigenvalue weighted by atomic mass is 14.8. The molecular formula is C14H18N2. The summed E-state index contributed by atoms with van der Waals surface area (Å²) in [4.78, 5) is 8.59. The third-order valence-electron chi connectivity index (χ3n) is 2.21. The van der Waals surface area contributed by atoms with Crippen LogP contribution in [0, 0.1) is 6.92 Å². The number of aromatic nitrogens is 1. The van der Waals surface area contributed by atoms with E-state index in [2.05, 4.69) is 29.9 Å². The molecule has 0 N–H and O–H groups in total. The van der Waals surface area contributed by atoms with Crippen molar-refractivity contribution in [3.05, 3.63) is 53.4 Å². The van der Waals surface area contributed by atoms with Gasteiger partial charge in [-0.25, -0.2) is 0 Å². The summed E-state index contributed by atoms with van der Waals surface area (Å²) in [5.74, 6) is 0. The van der Waals surface area contributed by atoms with Crippen LogP contribution >= 0.6 is 0 Å². The van der Waals surface area contributed by atoms with Gasteiger partial charge in [0.25, 0.3) is 0 Å². The van der Waals surface area contributed by atoms with Gasteiger partial charge in [-0.2, -0.15) is 0 Å². The zero-order chi connectivity index (χ0) is 12.0. The molecular weight excluding hydrogens is 196 g/mol. The molecule has 1 rings (SSSR count). The standard InChI is InChI=1S/C14H18N2/c1-5-6-11(2)9-13(15-4)14-10-12(3)7-8-16-14/h5-10H,1-4H3/b6-5-,11-9-,15-13?. The normalized spacial score (nSPS) is 13.5. The molecule has 0 aliphatic heterocycles. The maximum atomic E-state index is 4.32. The molecule has 1 heterocycles. The quantitative estimate of drug-likeness (QED) is 0.559. The lowest BCUT2D eigenvalue weighted by molar-refractivity contribution is 1.24. The van der Waals surface area contributed by atoms with E-state index in [1.165, 1.54) is 11.1 Å². The van der Waals surface area contributed by atoms with E-state index in [4.69, 9.17) is 0 Å². The predicted molar refractivity (Wildman–Crippen MR) is 70.0 cm³/mol. The third-order valence-corrected chi connectivity index (χ3v) is 2.21. The average molecular weight is 214 g/mol. The second-order valence-electron chi connectivity index (χ2n) is 3.72. The first kappa shape index (κ1) is 12.4. The first-order valence-electron chi connectivity index (χ1n) is 5.38. The molecule has 0 aliphatic rings. The largest absolute Gasteiger partial charge is 0.286 e. The van der Waals surface area contributed by atoms with Crippen LogP contribution in [-0.4, -0.2) is 17.7 Å². The second kappa shape index (κ2) is 6.01. The van der Waals surface area contributed by atoms with Crippen LogP contribution in [0.1, 0.15) is 25.1 Å². The Morgan fingerprint density at radius 3 is 2.75 bits per heavy atom. The SMILES string of the molecule is C/C=C\C(C)=C/C(=NC)c1cc(C)ccn1.